The van der Waals surface area contributed by atoms with E-state index in [1.807, 2.05) is 24.3 Å². The van der Waals surface area contributed by atoms with Gasteiger partial charge in [0.1, 0.15) is 5.75 Å². The standard InChI is InChI=1S/C19H18F2N4O3/c1-27-16-4-2-13(3-5-16)11-25-12-15(10-24-25)18(26)23-9-14-6-7-22-17(8-14)28-19(20)21/h2-8,10,12,19H,9,11H2,1H3,(H,23,26). The summed E-state index contributed by atoms with van der Waals surface area (Å²) in [5.74, 6) is 0.241. The van der Waals surface area contributed by atoms with Crippen LogP contribution in [0, 0.1) is 0 Å². The molecular formula is C19H18F2N4O3. The number of carbonyl (C=O) groups excluding carboxylic acids is 1. The van der Waals surface area contributed by atoms with Gasteiger partial charge in [0, 0.05) is 25.0 Å². The van der Waals surface area contributed by atoms with Crippen LogP contribution in [0.4, 0.5) is 8.78 Å². The number of amides is 1. The van der Waals surface area contributed by atoms with Crippen LogP contribution >= 0.6 is 0 Å². The predicted octanol–water partition coefficient (Wildman–Crippen LogP) is 2.87. The number of pyridine rings is 1. The lowest BCUT2D eigenvalue weighted by atomic mass is 10.2. The second-order valence-electron chi connectivity index (χ2n) is 5.84. The summed E-state index contributed by atoms with van der Waals surface area (Å²) in [7, 11) is 1.60. The summed E-state index contributed by atoms with van der Waals surface area (Å²) in [5, 5.41) is 6.90. The van der Waals surface area contributed by atoms with Crippen LogP contribution in [-0.2, 0) is 13.1 Å². The van der Waals surface area contributed by atoms with Gasteiger partial charge in [-0.25, -0.2) is 4.98 Å². The Morgan fingerprint density at radius 1 is 1.21 bits per heavy atom. The third-order valence-electron chi connectivity index (χ3n) is 3.86. The number of halogens is 2. The molecule has 28 heavy (non-hydrogen) atoms. The summed E-state index contributed by atoms with van der Waals surface area (Å²) in [6.07, 6.45) is 4.44. The zero-order valence-corrected chi connectivity index (χ0v) is 15.0. The van der Waals surface area contributed by atoms with Crippen molar-refractivity contribution in [3.8, 4) is 11.6 Å². The number of ether oxygens (including phenoxy) is 2. The lowest BCUT2D eigenvalue weighted by Crippen LogP contribution is -2.22. The van der Waals surface area contributed by atoms with Gasteiger partial charge >= 0.3 is 6.61 Å². The summed E-state index contributed by atoms with van der Waals surface area (Å²) in [6, 6.07) is 10.5. The molecule has 0 saturated carbocycles. The fourth-order valence-corrected chi connectivity index (χ4v) is 2.49. The molecule has 0 unspecified atom stereocenters. The number of hydrogen-bond acceptors (Lipinski definition) is 5. The summed E-state index contributed by atoms with van der Waals surface area (Å²) in [6.45, 7) is -2.30. The molecule has 2 aromatic heterocycles. The minimum atomic E-state index is -2.95. The molecule has 0 aliphatic carbocycles. The maximum Gasteiger partial charge on any atom is 0.388 e. The minimum Gasteiger partial charge on any atom is -0.497 e. The Hall–Kier alpha value is -3.49. The van der Waals surface area contributed by atoms with E-state index < -0.39 is 6.61 Å². The van der Waals surface area contributed by atoms with Crippen LogP contribution in [0.15, 0.2) is 55.0 Å². The van der Waals surface area contributed by atoms with E-state index in [1.165, 1.54) is 18.5 Å². The molecule has 3 aromatic rings. The molecular weight excluding hydrogens is 370 g/mol. The van der Waals surface area contributed by atoms with Crippen molar-refractivity contribution in [2.75, 3.05) is 7.11 Å². The number of hydrogen-bond donors (Lipinski definition) is 1. The third kappa shape index (κ3) is 5.26. The average molecular weight is 388 g/mol. The highest BCUT2D eigenvalue weighted by atomic mass is 19.3. The van der Waals surface area contributed by atoms with Crippen LogP contribution in [0.3, 0.4) is 0 Å². The van der Waals surface area contributed by atoms with Gasteiger partial charge in [0.15, 0.2) is 0 Å². The number of alkyl halides is 2. The van der Waals surface area contributed by atoms with Crippen molar-refractivity contribution in [2.45, 2.75) is 19.7 Å². The van der Waals surface area contributed by atoms with E-state index in [2.05, 4.69) is 20.1 Å². The zero-order chi connectivity index (χ0) is 19.9. The van der Waals surface area contributed by atoms with Crippen LogP contribution < -0.4 is 14.8 Å². The number of nitrogens with one attached hydrogen (secondary N) is 1. The van der Waals surface area contributed by atoms with Crippen LogP contribution in [0.2, 0.25) is 0 Å². The van der Waals surface area contributed by atoms with E-state index >= 15 is 0 Å². The Labute approximate surface area is 159 Å². The lowest BCUT2D eigenvalue weighted by molar-refractivity contribution is -0.0529. The first kappa shape index (κ1) is 19.3. The third-order valence-corrected chi connectivity index (χ3v) is 3.86. The van der Waals surface area contributed by atoms with Gasteiger partial charge in [-0.1, -0.05) is 12.1 Å². The Morgan fingerprint density at radius 2 is 2.00 bits per heavy atom. The van der Waals surface area contributed by atoms with Gasteiger partial charge in [-0.05, 0) is 29.3 Å². The number of aromatic nitrogens is 3. The van der Waals surface area contributed by atoms with Gasteiger partial charge in [0.05, 0.1) is 25.4 Å². The first-order valence-electron chi connectivity index (χ1n) is 8.37. The number of nitrogens with zero attached hydrogens (tertiary/aromatic N) is 3. The SMILES string of the molecule is COc1ccc(Cn2cc(C(=O)NCc3ccnc(OC(F)F)c3)cn2)cc1. The van der Waals surface area contributed by atoms with E-state index in [-0.39, 0.29) is 18.3 Å². The topological polar surface area (TPSA) is 78.3 Å². The van der Waals surface area contributed by atoms with Gasteiger partial charge in [0.25, 0.3) is 5.91 Å². The molecule has 0 aliphatic heterocycles. The largest absolute Gasteiger partial charge is 0.497 e. The molecule has 3 rings (SSSR count). The van der Waals surface area contributed by atoms with Crippen molar-refractivity contribution in [1.82, 2.24) is 20.1 Å². The molecule has 2 heterocycles. The second-order valence-corrected chi connectivity index (χ2v) is 5.84. The molecule has 0 spiro atoms. The molecule has 0 radical (unpaired) electrons. The normalized spacial score (nSPS) is 10.7. The first-order chi connectivity index (χ1) is 13.5. The molecule has 0 atom stereocenters. The maximum absolute atomic E-state index is 12.3. The molecule has 7 nitrogen and oxygen atoms in total. The number of methoxy groups -OCH3 is 1. The van der Waals surface area contributed by atoms with Crippen molar-refractivity contribution >= 4 is 5.91 Å². The quantitative estimate of drug-likeness (QED) is 0.642. The summed E-state index contributed by atoms with van der Waals surface area (Å²) >= 11 is 0. The Morgan fingerprint density at radius 3 is 2.71 bits per heavy atom. The van der Waals surface area contributed by atoms with Crippen molar-refractivity contribution in [3.63, 3.8) is 0 Å². The number of carbonyl (C=O) groups is 1. The molecule has 0 bridgehead atoms. The van der Waals surface area contributed by atoms with E-state index in [1.54, 1.807) is 24.1 Å². The number of benzene rings is 1. The zero-order valence-electron chi connectivity index (χ0n) is 15.0. The molecule has 0 fully saturated rings. The van der Waals surface area contributed by atoms with Gasteiger partial charge in [-0.2, -0.15) is 13.9 Å². The van der Waals surface area contributed by atoms with E-state index in [4.69, 9.17) is 4.74 Å². The van der Waals surface area contributed by atoms with Crippen LogP contribution in [0.1, 0.15) is 21.5 Å². The fraction of sp³-hybridized carbons (Fsp3) is 0.211. The van der Waals surface area contributed by atoms with Crippen LogP contribution in [-0.4, -0.2) is 34.4 Å². The van der Waals surface area contributed by atoms with Gasteiger partial charge in [0.2, 0.25) is 5.88 Å². The highest BCUT2D eigenvalue weighted by Crippen LogP contribution is 2.14. The van der Waals surface area contributed by atoms with E-state index in [0.29, 0.717) is 17.7 Å². The highest BCUT2D eigenvalue weighted by molar-refractivity contribution is 5.93. The van der Waals surface area contributed by atoms with Crippen LogP contribution in [0.25, 0.3) is 0 Å². The fourth-order valence-electron chi connectivity index (χ4n) is 2.49. The maximum atomic E-state index is 12.3. The highest BCUT2D eigenvalue weighted by Gasteiger charge is 2.10. The Bertz CT molecular complexity index is 929. The van der Waals surface area contributed by atoms with Crippen molar-refractivity contribution in [3.05, 3.63) is 71.7 Å². The second kappa shape index (κ2) is 8.94. The summed E-state index contributed by atoms with van der Waals surface area (Å²) in [5.41, 5.74) is 2.00. The molecule has 1 N–H and O–H groups in total. The summed E-state index contributed by atoms with van der Waals surface area (Å²) < 4.78 is 35.5. The molecule has 1 aromatic carbocycles. The van der Waals surface area contributed by atoms with Gasteiger partial charge < -0.3 is 14.8 Å². The van der Waals surface area contributed by atoms with Crippen molar-refractivity contribution < 1.29 is 23.0 Å². The van der Waals surface area contributed by atoms with E-state index in [0.717, 1.165) is 11.3 Å². The molecule has 1 amide bonds. The molecule has 9 heteroatoms. The smallest absolute Gasteiger partial charge is 0.388 e. The van der Waals surface area contributed by atoms with Crippen molar-refractivity contribution in [2.24, 2.45) is 0 Å². The monoisotopic (exact) mass is 388 g/mol. The molecule has 0 aliphatic rings. The Kier molecular flexibility index (Phi) is 6.15. The van der Waals surface area contributed by atoms with Crippen LogP contribution in [0.5, 0.6) is 11.6 Å². The average Bonchev–Trinajstić information content (AvgIpc) is 3.15. The summed E-state index contributed by atoms with van der Waals surface area (Å²) in [4.78, 5) is 16.0. The minimum absolute atomic E-state index is 0.143. The Balaban J connectivity index is 1.56. The first-order valence-corrected chi connectivity index (χ1v) is 8.37. The molecule has 146 valence electrons. The van der Waals surface area contributed by atoms with E-state index in [9.17, 15) is 13.6 Å². The van der Waals surface area contributed by atoms with Gasteiger partial charge in [-0.3, -0.25) is 9.48 Å². The van der Waals surface area contributed by atoms with Crippen molar-refractivity contribution in [1.29, 1.82) is 0 Å². The molecule has 0 saturated heterocycles. The lowest BCUT2D eigenvalue weighted by Gasteiger charge is -2.07. The predicted molar refractivity (Wildman–Crippen MR) is 96.4 cm³/mol. The number of rotatable bonds is 8. The van der Waals surface area contributed by atoms with Gasteiger partial charge in [-0.15, -0.1) is 0 Å².